The number of carbonyl (C=O) groups excluding carboxylic acids is 1. The number of ether oxygens (including phenoxy) is 1. The third-order valence-corrected chi connectivity index (χ3v) is 5.69. The van der Waals surface area contributed by atoms with Crippen LogP contribution in [0.1, 0.15) is 53.1 Å². The van der Waals surface area contributed by atoms with Crippen LogP contribution >= 0.6 is 0 Å². The fourth-order valence-corrected chi connectivity index (χ4v) is 4.17. The Morgan fingerprint density at radius 2 is 1.67 bits per heavy atom. The number of hydrogen-bond donors (Lipinski definition) is 1. The minimum atomic E-state index is -0.211. The smallest absolute Gasteiger partial charge is 0.251 e. The highest BCUT2D eigenvalue weighted by Crippen LogP contribution is 2.22. The average Bonchev–Trinajstić information content (AvgIpc) is 3.17. The van der Waals surface area contributed by atoms with E-state index in [1.807, 2.05) is 55.5 Å². The van der Waals surface area contributed by atoms with Gasteiger partial charge in [0.1, 0.15) is 11.6 Å². The molecule has 1 N–H and O–H groups in total. The van der Waals surface area contributed by atoms with E-state index >= 15 is 0 Å². The molecular formula is C28H31N3O2. The Balaban J connectivity index is 1.42. The second-order valence-electron chi connectivity index (χ2n) is 8.55. The number of carbonyl (C=O) groups is 1. The summed E-state index contributed by atoms with van der Waals surface area (Å²) >= 11 is 0. The number of hydrogen-bond acceptors (Lipinski definition) is 3. The molecule has 1 unspecified atom stereocenters. The zero-order chi connectivity index (χ0) is 23.2. The highest BCUT2D eigenvalue weighted by molar-refractivity contribution is 5.94. The quantitative estimate of drug-likeness (QED) is 0.324. The lowest BCUT2D eigenvalue weighted by atomic mass is 10.1. The fourth-order valence-electron chi connectivity index (χ4n) is 4.17. The van der Waals surface area contributed by atoms with Gasteiger partial charge in [0.15, 0.2) is 0 Å². The van der Waals surface area contributed by atoms with Crippen molar-refractivity contribution in [2.24, 2.45) is 0 Å². The Morgan fingerprint density at radius 1 is 0.970 bits per heavy atom. The zero-order valence-corrected chi connectivity index (χ0v) is 19.5. The number of amides is 1. The molecule has 1 atom stereocenters. The van der Waals surface area contributed by atoms with E-state index in [0.717, 1.165) is 42.0 Å². The third-order valence-electron chi connectivity index (χ3n) is 5.69. The van der Waals surface area contributed by atoms with Crippen LogP contribution in [0.15, 0.2) is 72.8 Å². The molecule has 0 radical (unpaired) electrons. The molecule has 4 aromatic rings. The van der Waals surface area contributed by atoms with Crippen LogP contribution in [0.25, 0.3) is 11.0 Å². The Morgan fingerprint density at radius 3 is 2.42 bits per heavy atom. The second-order valence-corrected chi connectivity index (χ2v) is 8.55. The van der Waals surface area contributed by atoms with E-state index in [1.165, 1.54) is 11.1 Å². The number of imidazole rings is 1. The average molecular weight is 442 g/mol. The topological polar surface area (TPSA) is 56.1 Å². The van der Waals surface area contributed by atoms with Gasteiger partial charge in [-0.3, -0.25) is 4.79 Å². The number of nitrogens with one attached hydrogen (secondary N) is 1. The maximum absolute atomic E-state index is 12.7. The van der Waals surface area contributed by atoms with E-state index in [0.29, 0.717) is 12.2 Å². The van der Waals surface area contributed by atoms with Crippen LogP contribution in [-0.2, 0) is 6.54 Å². The molecule has 170 valence electrons. The predicted octanol–water partition coefficient (Wildman–Crippen LogP) is 6.00. The summed E-state index contributed by atoms with van der Waals surface area (Å²) in [5.74, 6) is 1.71. The molecule has 0 aliphatic carbocycles. The summed E-state index contributed by atoms with van der Waals surface area (Å²) in [6.45, 7) is 7.65. The summed E-state index contributed by atoms with van der Waals surface area (Å²) in [4.78, 5) is 17.5. The van der Waals surface area contributed by atoms with Crippen LogP contribution in [-0.4, -0.2) is 22.1 Å². The van der Waals surface area contributed by atoms with Crippen molar-refractivity contribution >= 4 is 16.9 Å². The molecule has 0 saturated carbocycles. The number of fused-ring (bicyclic) bond motifs is 1. The number of benzene rings is 3. The van der Waals surface area contributed by atoms with Crippen molar-refractivity contribution in [1.29, 1.82) is 0 Å². The van der Waals surface area contributed by atoms with Gasteiger partial charge in [0.05, 0.1) is 23.7 Å². The summed E-state index contributed by atoms with van der Waals surface area (Å²) in [5.41, 5.74) is 5.11. The number of para-hydroxylation sites is 2. The summed E-state index contributed by atoms with van der Waals surface area (Å²) in [6.07, 6.45) is 1.89. The molecule has 1 aromatic heterocycles. The van der Waals surface area contributed by atoms with Gasteiger partial charge in [-0.1, -0.05) is 36.4 Å². The molecule has 1 amide bonds. The maximum Gasteiger partial charge on any atom is 0.251 e. The number of nitrogens with zero attached hydrogens (tertiary/aromatic N) is 2. The van der Waals surface area contributed by atoms with Gasteiger partial charge in [-0.25, -0.2) is 4.98 Å². The summed E-state index contributed by atoms with van der Waals surface area (Å²) in [5, 5.41) is 3.10. The Labute approximate surface area is 195 Å². The molecule has 33 heavy (non-hydrogen) atoms. The van der Waals surface area contributed by atoms with E-state index in [1.54, 1.807) is 0 Å². The van der Waals surface area contributed by atoms with Crippen molar-refractivity contribution in [3.05, 3.63) is 95.3 Å². The van der Waals surface area contributed by atoms with Crippen LogP contribution in [0.2, 0.25) is 0 Å². The van der Waals surface area contributed by atoms with Crippen molar-refractivity contribution in [2.45, 2.75) is 46.2 Å². The Kier molecular flexibility index (Phi) is 7.08. The van der Waals surface area contributed by atoms with Gasteiger partial charge >= 0.3 is 0 Å². The SMILES string of the molecule is Cc1cc(C)cc(OCCCCn2c(C(C)NC(=O)c3ccccc3)nc3ccccc32)c1. The van der Waals surface area contributed by atoms with Crippen LogP contribution in [0.4, 0.5) is 0 Å². The Bertz CT molecular complexity index is 1210. The predicted molar refractivity (Wildman–Crippen MR) is 133 cm³/mol. The molecule has 0 spiro atoms. The maximum atomic E-state index is 12.7. The molecule has 5 nitrogen and oxygen atoms in total. The Hall–Kier alpha value is -3.60. The lowest BCUT2D eigenvalue weighted by molar-refractivity contribution is 0.0937. The summed E-state index contributed by atoms with van der Waals surface area (Å²) in [7, 11) is 0. The lowest BCUT2D eigenvalue weighted by Gasteiger charge is -2.16. The summed E-state index contributed by atoms with van der Waals surface area (Å²) < 4.78 is 8.20. The van der Waals surface area contributed by atoms with Crippen molar-refractivity contribution in [3.63, 3.8) is 0 Å². The minimum absolute atomic E-state index is 0.0939. The van der Waals surface area contributed by atoms with Crippen molar-refractivity contribution < 1.29 is 9.53 Å². The summed E-state index contributed by atoms with van der Waals surface area (Å²) in [6, 6.07) is 23.5. The molecule has 4 rings (SSSR count). The van der Waals surface area contributed by atoms with E-state index in [-0.39, 0.29) is 11.9 Å². The zero-order valence-electron chi connectivity index (χ0n) is 19.5. The monoisotopic (exact) mass is 441 g/mol. The van der Waals surface area contributed by atoms with Crippen LogP contribution in [0, 0.1) is 13.8 Å². The third kappa shape index (κ3) is 5.61. The molecule has 0 saturated heterocycles. The molecule has 1 heterocycles. The van der Waals surface area contributed by atoms with Crippen molar-refractivity contribution in [3.8, 4) is 5.75 Å². The van der Waals surface area contributed by atoms with E-state index < -0.39 is 0 Å². The van der Waals surface area contributed by atoms with Gasteiger partial charge in [-0.2, -0.15) is 0 Å². The molecule has 5 heteroatoms. The first-order valence-corrected chi connectivity index (χ1v) is 11.5. The molecule has 0 aliphatic heterocycles. The standard InChI is InChI=1S/C28H31N3O2/c1-20-17-21(2)19-24(18-20)33-16-10-9-15-31-26-14-8-7-13-25(26)30-27(31)22(3)29-28(32)23-11-5-4-6-12-23/h4-8,11-14,17-19,22H,9-10,15-16H2,1-3H3,(H,29,32). The highest BCUT2D eigenvalue weighted by atomic mass is 16.5. The first-order valence-electron chi connectivity index (χ1n) is 11.5. The van der Waals surface area contributed by atoms with Gasteiger partial charge in [0.2, 0.25) is 0 Å². The van der Waals surface area contributed by atoms with Gasteiger partial charge in [-0.05, 0) is 81.1 Å². The lowest BCUT2D eigenvalue weighted by Crippen LogP contribution is -2.28. The first kappa shape index (κ1) is 22.6. The molecule has 0 fully saturated rings. The normalized spacial score (nSPS) is 12.0. The van der Waals surface area contributed by atoms with Crippen LogP contribution in [0.5, 0.6) is 5.75 Å². The molecule has 3 aromatic carbocycles. The minimum Gasteiger partial charge on any atom is -0.494 e. The van der Waals surface area contributed by atoms with E-state index in [4.69, 9.17) is 9.72 Å². The fraction of sp³-hybridized carbons (Fsp3) is 0.286. The molecule has 0 aliphatic rings. The molecular weight excluding hydrogens is 410 g/mol. The van der Waals surface area contributed by atoms with Gasteiger partial charge in [0, 0.05) is 12.1 Å². The van der Waals surface area contributed by atoms with Crippen molar-refractivity contribution in [1.82, 2.24) is 14.9 Å². The van der Waals surface area contributed by atoms with Crippen molar-refractivity contribution in [2.75, 3.05) is 6.61 Å². The first-order chi connectivity index (χ1) is 16.0. The van der Waals surface area contributed by atoms with Crippen LogP contribution < -0.4 is 10.1 Å². The largest absolute Gasteiger partial charge is 0.494 e. The number of unbranched alkanes of at least 4 members (excludes halogenated alkanes) is 1. The molecule has 0 bridgehead atoms. The van der Waals surface area contributed by atoms with E-state index in [9.17, 15) is 4.79 Å². The van der Waals surface area contributed by atoms with Gasteiger partial charge in [-0.15, -0.1) is 0 Å². The van der Waals surface area contributed by atoms with Crippen LogP contribution in [0.3, 0.4) is 0 Å². The number of aromatic nitrogens is 2. The second kappa shape index (κ2) is 10.3. The van der Waals surface area contributed by atoms with Gasteiger partial charge < -0.3 is 14.6 Å². The van der Waals surface area contributed by atoms with Gasteiger partial charge in [0.25, 0.3) is 5.91 Å². The number of aryl methyl sites for hydroxylation is 3. The van der Waals surface area contributed by atoms with E-state index in [2.05, 4.69) is 48.0 Å². The number of rotatable bonds is 9. The highest BCUT2D eigenvalue weighted by Gasteiger charge is 2.18.